The fourth-order valence-corrected chi connectivity index (χ4v) is 3.19. The Morgan fingerprint density at radius 3 is 2.86 bits per heavy atom. The van der Waals surface area contributed by atoms with Gasteiger partial charge in [0.1, 0.15) is 11.9 Å². The molecule has 1 aliphatic rings. The number of nitrogens with zero attached hydrogens (tertiary/aromatic N) is 2. The smallest absolute Gasteiger partial charge is 0.438 e. The van der Waals surface area contributed by atoms with Crippen LogP contribution in [0.15, 0.2) is 33.6 Å². The molecule has 9 heteroatoms. The maximum atomic E-state index is 11.9. The lowest BCUT2D eigenvalue weighted by molar-refractivity contribution is 0.196. The van der Waals surface area contributed by atoms with E-state index in [2.05, 4.69) is 14.7 Å². The van der Waals surface area contributed by atoms with E-state index in [4.69, 9.17) is 4.74 Å². The molecule has 1 N–H and O–H groups in total. The topological polar surface area (TPSA) is 106 Å². The molecule has 1 atom stereocenters. The van der Waals surface area contributed by atoms with Gasteiger partial charge in [-0.05, 0) is 12.1 Å². The minimum absolute atomic E-state index is 0.144. The number of fused-ring (bicyclic) bond motifs is 1. The minimum atomic E-state index is -3.42. The van der Waals surface area contributed by atoms with E-state index in [0.717, 1.165) is 6.26 Å². The van der Waals surface area contributed by atoms with Crippen LogP contribution in [0.3, 0.4) is 0 Å². The standard InChI is InChI=1S/C12H13N3O5S/c1-21(17,18)15-7-8(6-11-13-12(16)20-14-11)19-10-5-3-2-4-9(10)15/h2-5,8H,6-7H2,1H3,(H,13,14,16)/t8-/m0/s1. The quantitative estimate of drug-likeness (QED) is 0.864. The Balaban J connectivity index is 1.92. The average molecular weight is 311 g/mol. The molecule has 112 valence electrons. The van der Waals surface area contributed by atoms with Crippen LogP contribution in [-0.2, 0) is 16.4 Å². The first kappa shape index (κ1) is 13.7. The second kappa shape index (κ2) is 4.92. The van der Waals surface area contributed by atoms with E-state index in [9.17, 15) is 13.2 Å². The molecular formula is C12H13N3O5S. The van der Waals surface area contributed by atoms with Gasteiger partial charge in [-0.1, -0.05) is 17.3 Å². The van der Waals surface area contributed by atoms with Crippen LogP contribution in [0.2, 0.25) is 0 Å². The van der Waals surface area contributed by atoms with Gasteiger partial charge in [0.25, 0.3) is 0 Å². The molecule has 0 saturated carbocycles. The third kappa shape index (κ3) is 2.77. The highest BCUT2D eigenvalue weighted by Crippen LogP contribution is 2.34. The molecular weight excluding hydrogens is 298 g/mol. The van der Waals surface area contributed by atoms with E-state index in [-0.39, 0.29) is 13.0 Å². The van der Waals surface area contributed by atoms with Gasteiger partial charge >= 0.3 is 5.76 Å². The summed E-state index contributed by atoms with van der Waals surface area (Å²) in [6, 6.07) is 6.89. The molecule has 1 aromatic carbocycles. The van der Waals surface area contributed by atoms with Crippen molar-refractivity contribution in [2.45, 2.75) is 12.5 Å². The third-order valence-electron chi connectivity index (χ3n) is 3.10. The van der Waals surface area contributed by atoms with Gasteiger partial charge in [0.2, 0.25) is 10.0 Å². The number of H-pyrrole nitrogens is 1. The molecule has 2 aromatic rings. The van der Waals surface area contributed by atoms with Crippen LogP contribution in [0, 0.1) is 0 Å². The number of aromatic nitrogens is 2. The molecule has 21 heavy (non-hydrogen) atoms. The van der Waals surface area contributed by atoms with Crippen molar-refractivity contribution in [3.05, 3.63) is 40.6 Å². The van der Waals surface area contributed by atoms with Crippen LogP contribution >= 0.6 is 0 Å². The maximum absolute atomic E-state index is 11.9. The zero-order chi connectivity index (χ0) is 15.0. The summed E-state index contributed by atoms with van der Waals surface area (Å²) in [5, 5.41) is 3.56. The molecule has 0 bridgehead atoms. The highest BCUT2D eigenvalue weighted by Gasteiger charge is 2.31. The number of hydrogen-bond donors (Lipinski definition) is 1. The second-order valence-electron chi connectivity index (χ2n) is 4.75. The van der Waals surface area contributed by atoms with Crippen molar-refractivity contribution in [3.63, 3.8) is 0 Å². The maximum Gasteiger partial charge on any atom is 0.438 e. The van der Waals surface area contributed by atoms with Gasteiger partial charge in [0.15, 0.2) is 5.82 Å². The number of rotatable bonds is 3. The lowest BCUT2D eigenvalue weighted by atomic mass is 10.2. The number of anilines is 1. The highest BCUT2D eigenvalue weighted by atomic mass is 32.2. The number of ether oxygens (including phenoxy) is 1. The van der Waals surface area contributed by atoms with Gasteiger partial charge < -0.3 is 4.74 Å². The lowest BCUT2D eigenvalue weighted by Crippen LogP contribution is -2.44. The Labute approximate surface area is 120 Å². The average Bonchev–Trinajstić information content (AvgIpc) is 2.82. The van der Waals surface area contributed by atoms with E-state index >= 15 is 0 Å². The van der Waals surface area contributed by atoms with E-state index in [1.807, 2.05) is 0 Å². The number of aromatic amines is 1. The van der Waals surface area contributed by atoms with E-state index in [1.54, 1.807) is 24.3 Å². The van der Waals surface area contributed by atoms with Crippen molar-refractivity contribution >= 4 is 15.7 Å². The third-order valence-corrected chi connectivity index (χ3v) is 4.25. The summed E-state index contributed by atoms with van der Waals surface area (Å²) in [5.74, 6) is 0.143. The molecule has 0 aliphatic carbocycles. The number of sulfonamides is 1. The van der Waals surface area contributed by atoms with Crippen LogP contribution in [0.4, 0.5) is 5.69 Å². The monoisotopic (exact) mass is 311 g/mol. The van der Waals surface area contributed by atoms with E-state index < -0.39 is 21.9 Å². The predicted octanol–water partition coefficient (Wildman–Crippen LogP) is 0.133. The number of nitrogens with one attached hydrogen (secondary N) is 1. The van der Waals surface area contributed by atoms with Crippen molar-refractivity contribution in [1.82, 2.24) is 10.1 Å². The largest absolute Gasteiger partial charge is 0.486 e. The highest BCUT2D eigenvalue weighted by molar-refractivity contribution is 7.92. The van der Waals surface area contributed by atoms with Crippen LogP contribution in [0.1, 0.15) is 5.82 Å². The molecule has 0 saturated heterocycles. The number of para-hydroxylation sites is 2. The fraction of sp³-hybridized carbons (Fsp3) is 0.333. The summed E-state index contributed by atoms with van der Waals surface area (Å²) in [6.45, 7) is 0.144. The summed E-state index contributed by atoms with van der Waals surface area (Å²) in [4.78, 5) is 13.3. The van der Waals surface area contributed by atoms with E-state index in [0.29, 0.717) is 17.3 Å². The first-order valence-corrected chi connectivity index (χ1v) is 8.06. The molecule has 2 heterocycles. The summed E-state index contributed by atoms with van der Waals surface area (Å²) in [7, 11) is -3.42. The second-order valence-corrected chi connectivity index (χ2v) is 6.65. The molecule has 0 radical (unpaired) electrons. The van der Waals surface area contributed by atoms with Crippen molar-refractivity contribution in [3.8, 4) is 5.75 Å². The lowest BCUT2D eigenvalue weighted by Gasteiger charge is -2.34. The summed E-state index contributed by atoms with van der Waals surface area (Å²) >= 11 is 0. The van der Waals surface area contributed by atoms with Gasteiger partial charge in [0, 0.05) is 6.42 Å². The first-order valence-electron chi connectivity index (χ1n) is 6.22. The summed E-state index contributed by atoms with van der Waals surface area (Å²) < 4.78 is 35.3. The number of hydrogen-bond acceptors (Lipinski definition) is 6. The van der Waals surface area contributed by atoms with E-state index in [1.165, 1.54) is 4.31 Å². The van der Waals surface area contributed by atoms with Crippen molar-refractivity contribution in [2.24, 2.45) is 0 Å². The predicted molar refractivity (Wildman–Crippen MR) is 73.9 cm³/mol. The molecule has 3 rings (SSSR count). The van der Waals surface area contributed by atoms with Crippen LogP contribution in [0.25, 0.3) is 0 Å². The van der Waals surface area contributed by atoms with Gasteiger partial charge in [-0.2, -0.15) is 0 Å². The van der Waals surface area contributed by atoms with Crippen molar-refractivity contribution < 1.29 is 17.7 Å². The Morgan fingerprint density at radius 2 is 2.19 bits per heavy atom. The molecule has 1 aromatic heterocycles. The van der Waals surface area contributed by atoms with Gasteiger partial charge in [-0.15, -0.1) is 0 Å². The molecule has 0 amide bonds. The fourth-order valence-electron chi connectivity index (χ4n) is 2.25. The molecule has 8 nitrogen and oxygen atoms in total. The van der Waals surface area contributed by atoms with Gasteiger partial charge in [-0.25, -0.2) is 13.2 Å². The van der Waals surface area contributed by atoms with Crippen molar-refractivity contribution in [2.75, 3.05) is 17.1 Å². The van der Waals surface area contributed by atoms with Gasteiger partial charge in [0.05, 0.1) is 18.5 Å². The Hall–Kier alpha value is -2.29. The Morgan fingerprint density at radius 1 is 1.43 bits per heavy atom. The normalized spacial score (nSPS) is 18.1. The number of benzene rings is 1. The Kier molecular flexibility index (Phi) is 3.20. The van der Waals surface area contributed by atoms with Crippen molar-refractivity contribution in [1.29, 1.82) is 0 Å². The Bertz CT molecular complexity index is 810. The van der Waals surface area contributed by atoms with Crippen LogP contribution in [-0.4, -0.2) is 37.5 Å². The van der Waals surface area contributed by atoms with Crippen LogP contribution < -0.4 is 14.8 Å². The van der Waals surface area contributed by atoms with Crippen LogP contribution in [0.5, 0.6) is 5.75 Å². The molecule has 0 spiro atoms. The SMILES string of the molecule is CS(=O)(=O)N1C[C@H](Cc2noc(=O)[nH]2)Oc2ccccc21. The first-order chi connectivity index (χ1) is 9.93. The summed E-state index contributed by atoms with van der Waals surface area (Å²) in [6.07, 6.45) is 0.923. The zero-order valence-corrected chi connectivity index (χ0v) is 12.0. The molecule has 0 unspecified atom stereocenters. The summed E-state index contributed by atoms with van der Waals surface area (Å²) in [5.41, 5.74) is 0.505. The molecule has 1 aliphatic heterocycles. The zero-order valence-electron chi connectivity index (χ0n) is 11.1. The minimum Gasteiger partial charge on any atom is -0.486 e. The molecule has 0 fully saturated rings. The van der Waals surface area contributed by atoms with Gasteiger partial charge in [-0.3, -0.25) is 13.8 Å².